The van der Waals surface area contributed by atoms with E-state index in [1.807, 2.05) is 0 Å². The standard InChI is InChI=1S/C26H17ClF3N5O3S/c27-15-7-4-8-16(11-15)38-13-35-10-9-18(34-35)24(37)33-21-20-17(14-5-2-1-3-6-14)12-19(26(28,29)30)32-25(20)39-22(21)23(31)36/h1-12H,13H2,(H2,31,36)(H,33,37). The summed E-state index contributed by atoms with van der Waals surface area (Å²) in [5, 5.41) is 7.44. The van der Waals surface area contributed by atoms with Gasteiger partial charge in [0.15, 0.2) is 12.4 Å². The van der Waals surface area contributed by atoms with Crippen molar-refractivity contribution in [2.75, 3.05) is 5.32 Å². The second-order valence-electron chi connectivity index (χ2n) is 8.19. The Bertz CT molecular complexity index is 1700. The zero-order valence-electron chi connectivity index (χ0n) is 19.7. The number of pyridine rings is 1. The van der Waals surface area contributed by atoms with Gasteiger partial charge in [-0.25, -0.2) is 9.67 Å². The molecule has 0 aliphatic carbocycles. The minimum absolute atomic E-state index is 0.0240. The molecule has 3 N–H and O–H groups in total. The fourth-order valence-electron chi connectivity index (χ4n) is 3.81. The number of fused-ring (bicyclic) bond motifs is 1. The van der Waals surface area contributed by atoms with Crippen LogP contribution in [-0.2, 0) is 12.9 Å². The number of halogens is 4. The van der Waals surface area contributed by atoms with E-state index >= 15 is 0 Å². The minimum atomic E-state index is -4.74. The molecule has 2 amide bonds. The predicted molar refractivity (Wildman–Crippen MR) is 141 cm³/mol. The van der Waals surface area contributed by atoms with Gasteiger partial charge in [0, 0.05) is 16.6 Å². The van der Waals surface area contributed by atoms with Gasteiger partial charge in [0.1, 0.15) is 21.2 Å². The first-order chi connectivity index (χ1) is 18.6. The van der Waals surface area contributed by atoms with Crippen LogP contribution >= 0.6 is 22.9 Å². The van der Waals surface area contributed by atoms with Crippen LogP contribution < -0.4 is 15.8 Å². The molecule has 0 aliphatic heterocycles. The number of hydrogen-bond donors (Lipinski definition) is 2. The lowest BCUT2D eigenvalue weighted by atomic mass is 10.0. The smallest absolute Gasteiger partial charge is 0.433 e. The summed E-state index contributed by atoms with van der Waals surface area (Å²) in [4.78, 5) is 28.9. The molecule has 5 aromatic rings. The van der Waals surface area contributed by atoms with Crippen LogP contribution in [0.1, 0.15) is 25.9 Å². The molecule has 0 aliphatic rings. The Morgan fingerprint density at radius 3 is 2.54 bits per heavy atom. The van der Waals surface area contributed by atoms with Crippen LogP contribution in [0.15, 0.2) is 72.9 Å². The van der Waals surface area contributed by atoms with Gasteiger partial charge < -0.3 is 15.8 Å². The number of thiophene rings is 1. The van der Waals surface area contributed by atoms with E-state index in [0.29, 0.717) is 27.7 Å². The zero-order chi connectivity index (χ0) is 27.7. The van der Waals surface area contributed by atoms with Crippen LogP contribution in [0, 0.1) is 0 Å². The van der Waals surface area contributed by atoms with Gasteiger partial charge in [0.25, 0.3) is 11.8 Å². The number of amides is 2. The second kappa shape index (κ2) is 10.4. The lowest BCUT2D eigenvalue weighted by molar-refractivity contribution is -0.140. The normalized spacial score (nSPS) is 11.5. The number of hydrogen-bond acceptors (Lipinski definition) is 6. The van der Waals surface area contributed by atoms with Crippen molar-refractivity contribution in [2.45, 2.75) is 12.9 Å². The topological polar surface area (TPSA) is 112 Å². The quantitative estimate of drug-likeness (QED) is 0.241. The number of aromatic nitrogens is 3. The molecule has 3 aromatic heterocycles. The first-order valence-corrected chi connectivity index (χ1v) is 12.4. The molecule has 2 aromatic carbocycles. The number of rotatable bonds is 7. The third-order valence-corrected chi connectivity index (χ3v) is 6.87. The Balaban J connectivity index is 1.51. The highest BCUT2D eigenvalue weighted by molar-refractivity contribution is 7.21. The molecular formula is C26H17ClF3N5O3S. The third kappa shape index (κ3) is 5.56. The van der Waals surface area contributed by atoms with Gasteiger partial charge in [-0.15, -0.1) is 11.3 Å². The Labute approximate surface area is 227 Å². The maximum absolute atomic E-state index is 13.7. The van der Waals surface area contributed by atoms with Crippen molar-refractivity contribution in [3.63, 3.8) is 0 Å². The Morgan fingerprint density at radius 2 is 1.85 bits per heavy atom. The summed E-state index contributed by atoms with van der Waals surface area (Å²) in [5.41, 5.74) is 4.90. The van der Waals surface area contributed by atoms with Crippen LogP contribution in [0.4, 0.5) is 18.9 Å². The molecule has 0 spiro atoms. The highest BCUT2D eigenvalue weighted by atomic mass is 35.5. The van der Waals surface area contributed by atoms with Gasteiger partial charge in [-0.1, -0.05) is 48.0 Å². The number of primary amides is 1. The summed E-state index contributed by atoms with van der Waals surface area (Å²) in [6.07, 6.45) is -3.23. The number of carbonyl (C=O) groups is 2. The van der Waals surface area contributed by atoms with Crippen LogP contribution in [0.25, 0.3) is 21.3 Å². The number of nitrogens with two attached hydrogens (primary N) is 1. The number of ether oxygens (including phenoxy) is 1. The molecule has 5 rings (SSSR count). The van der Waals surface area contributed by atoms with E-state index in [9.17, 15) is 22.8 Å². The van der Waals surface area contributed by atoms with Crippen molar-refractivity contribution in [3.05, 3.63) is 94.2 Å². The largest absolute Gasteiger partial charge is 0.471 e. The molecule has 3 heterocycles. The van der Waals surface area contributed by atoms with Crippen LogP contribution in [-0.4, -0.2) is 26.6 Å². The van der Waals surface area contributed by atoms with Gasteiger partial charge in [-0.05, 0) is 41.5 Å². The molecule has 0 atom stereocenters. The summed E-state index contributed by atoms with van der Waals surface area (Å²) >= 11 is 6.61. The SMILES string of the molecule is NC(=O)c1sc2nc(C(F)(F)F)cc(-c3ccccc3)c2c1NC(=O)c1ccn(COc2cccc(Cl)c2)n1. The van der Waals surface area contributed by atoms with E-state index in [1.54, 1.807) is 54.6 Å². The first-order valence-electron chi connectivity index (χ1n) is 11.2. The molecule has 0 fully saturated rings. The maximum Gasteiger partial charge on any atom is 0.433 e. The molecule has 39 heavy (non-hydrogen) atoms. The van der Waals surface area contributed by atoms with Crippen molar-refractivity contribution < 1.29 is 27.5 Å². The molecule has 0 unspecified atom stereocenters. The highest BCUT2D eigenvalue weighted by Gasteiger charge is 2.35. The van der Waals surface area contributed by atoms with Crippen LogP contribution in [0.2, 0.25) is 5.02 Å². The summed E-state index contributed by atoms with van der Waals surface area (Å²) in [6, 6.07) is 17.3. The van der Waals surface area contributed by atoms with Gasteiger partial charge in [0.05, 0.1) is 5.69 Å². The molecule has 13 heteroatoms. The van der Waals surface area contributed by atoms with Crippen molar-refractivity contribution in [3.8, 4) is 16.9 Å². The number of nitrogens with one attached hydrogen (secondary N) is 1. The van der Waals surface area contributed by atoms with E-state index in [4.69, 9.17) is 22.1 Å². The van der Waals surface area contributed by atoms with Gasteiger partial charge in [0.2, 0.25) is 0 Å². The molecule has 0 saturated heterocycles. The molecule has 0 bridgehead atoms. The summed E-state index contributed by atoms with van der Waals surface area (Å²) < 4.78 is 47.9. The van der Waals surface area contributed by atoms with Crippen LogP contribution in [0.5, 0.6) is 5.75 Å². The molecular weight excluding hydrogens is 555 g/mol. The lowest BCUT2D eigenvalue weighted by Crippen LogP contribution is -2.18. The Kier molecular flexibility index (Phi) is 6.98. The highest BCUT2D eigenvalue weighted by Crippen LogP contribution is 2.43. The molecule has 198 valence electrons. The number of nitrogens with zero attached hydrogens (tertiary/aromatic N) is 3. The number of carbonyl (C=O) groups excluding carboxylic acids is 2. The third-order valence-electron chi connectivity index (χ3n) is 5.53. The van der Waals surface area contributed by atoms with E-state index in [0.717, 1.165) is 6.07 Å². The van der Waals surface area contributed by atoms with Crippen molar-refractivity contribution >= 4 is 50.7 Å². The number of alkyl halides is 3. The fourth-order valence-corrected chi connectivity index (χ4v) is 5.00. The zero-order valence-corrected chi connectivity index (χ0v) is 21.3. The monoisotopic (exact) mass is 571 g/mol. The van der Waals surface area contributed by atoms with Gasteiger partial charge in [-0.2, -0.15) is 18.3 Å². The minimum Gasteiger partial charge on any atom is -0.471 e. The van der Waals surface area contributed by atoms with Gasteiger partial charge in [-0.3, -0.25) is 9.59 Å². The van der Waals surface area contributed by atoms with Gasteiger partial charge >= 0.3 is 6.18 Å². The van der Waals surface area contributed by atoms with Crippen molar-refractivity contribution in [2.24, 2.45) is 5.73 Å². The fraction of sp³-hybridized carbons (Fsp3) is 0.0769. The summed E-state index contributed by atoms with van der Waals surface area (Å²) in [7, 11) is 0. The number of anilines is 1. The van der Waals surface area contributed by atoms with E-state index in [2.05, 4.69) is 15.4 Å². The summed E-state index contributed by atoms with van der Waals surface area (Å²) in [6.45, 7) is -0.0240. The molecule has 0 saturated carbocycles. The van der Waals surface area contributed by atoms with E-state index in [-0.39, 0.29) is 38.8 Å². The van der Waals surface area contributed by atoms with Crippen molar-refractivity contribution in [1.29, 1.82) is 0 Å². The lowest BCUT2D eigenvalue weighted by Gasteiger charge is -2.12. The number of benzene rings is 2. The Morgan fingerprint density at radius 1 is 1.08 bits per heavy atom. The molecule has 8 nitrogen and oxygen atoms in total. The maximum atomic E-state index is 13.7. The second-order valence-corrected chi connectivity index (χ2v) is 9.63. The predicted octanol–water partition coefficient (Wildman–Crippen LogP) is 6.22. The Hall–Kier alpha value is -4.42. The molecule has 0 radical (unpaired) electrons. The summed E-state index contributed by atoms with van der Waals surface area (Å²) in [5.74, 6) is -1.14. The van der Waals surface area contributed by atoms with E-state index in [1.165, 1.54) is 16.9 Å². The van der Waals surface area contributed by atoms with E-state index < -0.39 is 23.7 Å². The van der Waals surface area contributed by atoms with Crippen LogP contribution in [0.3, 0.4) is 0 Å². The average Bonchev–Trinajstić information content (AvgIpc) is 3.52. The van der Waals surface area contributed by atoms with Crippen molar-refractivity contribution in [1.82, 2.24) is 14.8 Å². The first kappa shape index (κ1) is 26.2. The average molecular weight is 572 g/mol.